The second-order valence-corrected chi connectivity index (χ2v) is 74.1. The van der Waals surface area contributed by atoms with Crippen LogP contribution in [-0.2, 0) is 27.2 Å². The van der Waals surface area contributed by atoms with Gasteiger partial charge in [0.2, 0.25) is 0 Å². The summed E-state index contributed by atoms with van der Waals surface area (Å²) in [7, 11) is 11.9. The summed E-state index contributed by atoms with van der Waals surface area (Å²) in [4.78, 5) is 0. The van der Waals surface area contributed by atoms with Crippen LogP contribution in [0.1, 0.15) is 123 Å². The third kappa shape index (κ3) is 10.8. The number of benzene rings is 6. The molecule has 0 nitrogen and oxygen atoms in total. The van der Waals surface area contributed by atoms with Crippen molar-refractivity contribution in [3.8, 4) is 33.4 Å². The molecule has 3 aliphatic rings. The fourth-order valence-electron chi connectivity index (χ4n) is 13.8. The summed E-state index contributed by atoms with van der Waals surface area (Å²) in [5, 5.41) is 9.18. The summed E-state index contributed by atoms with van der Waals surface area (Å²) >= 11 is -5.95. The first-order valence-corrected chi connectivity index (χ1v) is 55.5. The van der Waals surface area contributed by atoms with Crippen molar-refractivity contribution >= 4 is 105 Å². The third-order valence-corrected chi connectivity index (χ3v) is 48.7. The van der Waals surface area contributed by atoms with Crippen molar-refractivity contribution in [2.45, 2.75) is 179 Å². The van der Waals surface area contributed by atoms with Crippen LogP contribution in [0.3, 0.4) is 0 Å². The molecule has 0 aromatic heterocycles. The molecule has 2 aliphatic carbocycles. The fourth-order valence-corrected chi connectivity index (χ4v) is 46.6. The van der Waals surface area contributed by atoms with E-state index in [9.17, 15) is 17.0 Å². The van der Waals surface area contributed by atoms with Gasteiger partial charge >= 0.3 is 493 Å². The van der Waals surface area contributed by atoms with Crippen molar-refractivity contribution in [2.75, 3.05) is 0 Å². The SMILES string of the molecule is CC(C)CC1=Cc2c(ccc(C(C)(C)C)c2-c2cc([Si](C)(C)C)cc([Si](C)(C)C)c2)[CH]1[Zr]([Cl])([Cl])([c]1cccc2c1[SiH2]c1ccccc1-2)[CH]1C(CC(C)C)=Cc2c1ccc(C(C)(C)C)c2-c1cc([Si](C)(C)C)cc([Si](C)(C)C)c1. The molecule has 1 aliphatic heterocycles. The minimum absolute atomic E-state index is 0.110. The van der Waals surface area contributed by atoms with Gasteiger partial charge in [-0.25, -0.2) is 0 Å². The Morgan fingerprint density at radius 2 is 0.846 bits per heavy atom. The molecule has 1 heterocycles. The standard InChI is InChI=1S/2C29H43Si2.C12H9Si.2ClH.Zr/c2*1-20(2)14-21-15-22-12-13-27(29(3,4)5)28(26(22)16-21)23-17-24(30(6,7)8)19-25(18-23)31(9,10)11;1-3-7-11-9(5-1)10-6-2-4-8-12(10)13-11;;;/h2*12-13,15-20H,14H2,1-11H3;1-7H,13H2;2*1H;/q;;;;;+2/p-2. The molecule has 2 atom stereocenters. The van der Waals surface area contributed by atoms with Gasteiger partial charge in [-0.3, -0.25) is 0 Å². The van der Waals surface area contributed by atoms with Crippen LogP contribution in [-0.4, -0.2) is 41.8 Å². The Balaban J connectivity index is 1.46. The normalized spacial score (nSPS) is 17.7. The molecule has 9 rings (SSSR count). The van der Waals surface area contributed by atoms with Gasteiger partial charge in [0.25, 0.3) is 0 Å². The van der Waals surface area contributed by atoms with E-state index in [4.69, 9.17) is 0 Å². The maximum absolute atomic E-state index is 9.91. The second-order valence-electron chi connectivity index (χ2n) is 31.4. The molecule has 0 amide bonds. The molecule has 413 valence electrons. The number of allylic oxidation sites excluding steroid dienone is 2. The monoisotopic (exact) mass is 1240 g/mol. The predicted octanol–water partition coefficient (Wildman–Crippen LogP) is 16.9. The van der Waals surface area contributed by atoms with Crippen molar-refractivity contribution in [1.82, 2.24) is 0 Å². The van der Waals surface area contributed by atoms with Crippen LogP contribution in [0.15, 0.2) is 114 Å². The van der Waals surface area contributed by atoms with Crippen molar-refractivity contribution in [1.29, 1.82) is 0 Å². The molecule has 6 aromatic rings. The third-order valence-electron chi connectivity index (χ3n) is 17.8. The van der Waals surface area contributed by atoms with Crippen LogP contribution >= 0.6 is 17.0 Å². The van der Waals surface area contributed by atoms with Gasteiger partial charge in [-0.05, 0) is 0 Å². The number of halogens is 2. The first-order chi connectivity index (χ1) is 35.8. The Morgan fingerprint density at radius 1 is 0.474 bits per heavy atom. The zero-order chi connectivity index (χ0) is 57.4. The van der Waals surface area contributed by atoms with Crippen LogP contribution in [0.4, 0.5) is 0 Å². The zero-order valence-corrected chi connectivity index (χ0v) is 61.5. The minimum atomic E-state index is -5.95. The Morgan fingerprint density at radius 3 is 1.21 bits per heavy atom. The van der Waals surface area contributed by atoms with Gasteiger partial charge in [0.15, 0.2) is 0 Å². The fraction of sp³-hybridized carbons (Fsp3) is 0.429. The summed E-state index contributed by atoms with van der Waals surface area (Å²) < 4.78 is 1.03. The summed E-state index contributed by atoms with van der Waals surface area (Å²) in [5.74, 6) is 0.808. The number of rotatable bonds is 13. The van der Waals surface area contributed by atoms with E-state index in [1.54, 1.807) is 20.7 Å². The van der Waals surface area contributed by atoms with Gasteiger partial charge in [0.1, 0.15) is 0 Å². The zero-order valence-electron chi connectivity index (χ0n) is 52.2. The predicted molar refractivity (Wildman–Crippen MR) is 364 cm³/mol. The molecule has 8 heteroatoms. The molecule has 6 aromatic carbocycles. The van der Waals surface area contributed by atoms with E-state index in [-0.39, 0.29) is 18.1 Å². The number of hydrogen-bond donors (Lipinski definition) is 0. The van der Waals surface area contributed by atoms with E-state index >= 15 is 0 Å². The second kappa shape index (κ2) is 20.3. The van der Waals surface area contributed by atoms with E-state index in [0.717, 1.165) is 12.8 Å². The Labute approximate surface area is 488 Å². The average molecular weight is 1240 g/mol. The summed E-state index contributed by atoms with van der Waals surface area (Å²) in [6.45, 7) is 54.4. The Kier molecular flexibility index (Phi) is 15.6. The van der Waals surface area contributed by atoms with Gasteiger partial charge in [0.05, 0.1) is 0 Å². The Bertz CT molecular complexity index is 3200. The molecule has 0 fully saturated rings. The van der Waals surface area contributed by atoms with Crippen LogP contribution in [0.2, 0.25) is 78.6 Å². The topological polar surface area (TPSA) is 0 Å². The molecule has 0 bridgehead atoms. The first kappa shape index (κ1) is 60.0. The maximum atomic E-state index is 9.91. The quantitative estimate of drug-likeness (QED) is 0.101. The van der Waals surface area contributed by atoms with E-state index in [1.807, 2.05) is 0 Å². The van der Waals surface area contributed by atoms with E-state index in [2.05, 4.69) is 263 Å². The van der Waals surface area contributed by atoms with Gasteiger partial charge in [-0.15, -0.1) is 0 Å². The summed E-state index contributed by atoms with van der Waals surface area (Å²) in [6.07, 6.45) is 7.22. The number of fused-ring (bicyclic) bond motifs is 5. The Hall–Kier alpha value is -2.65. The van der Waals surface area contributed by atoms with Crippen LogP contribution in [0.25, 0.3) is 45.5 Å². The summed E-state index contributed by atoms with van der Waals surface area (Å²) in [5.41, 5.74) is 19.2. The molecule has 0 saturated heterocycles. The van der Waals surface area contributed by atoms with E-state index in [1.165, 1.54) is 91.6 Å². The average Bonchev–Trinajstić information content (AvgIpc) is 3.67. The summed E-state index contributed by atoms with van der Waals surface area (Å²) in [6, 6.07) is 42.2. The van der Waals surface area contributed by atoms with Crippen molar-refractivity contribution < 1.29 is 16.4 Å². The molecular formula is C70H95Cl2Si5Zr. The first-order valence-electron chi connectivity index (χ1n) is 29.7. The van der Waals surface area contributed by atoms with Crippen LogP contribution in [0.5, 0.6) is 0 Å². The molecule has 78 heavy (non-hydrogen) atoms. The van der Waals surface area contributed by atoms with Gasteiger partial charge < -0.3 is 0 Å². The van der Waals surface area contributed by atoms with Crippen LogP contribution < -0.4 is 34.4 Å². The molecule has 2 unspecified atom stereocenters. The molecule has 0 radical (unpaired) electrons. The number of hydrogen-bond acceptors (Lipinski definition) is 0. The van der Waals surface area contributed by atoms with Crippen molar-refractivity contribution in [2.24, 2.45) is 11.8 Å². The van der Waals surface area contributed by atoms with E-state index < -0.39 is 58.2 Å². The van der Waals surface area contributed by atoms with E-state index in [0.29, 0.717) is 11.8 Å². The molecule has 0 N–H and O–H groups in total. The molecule has 0 spiro atoms. The van der Waals surface area contributed by atoms with Gasteiger partial charge in [-0.1, -0.05) is 0 Å². The molecule has 0 saturated carbocycles. The molecular weight excluding hydrogens is 1140 g/mol. The van der Waals surface area contributed by atoms with Crippen LogP contribution in [0, 0.1) is 11.8 Å². The van der Waals surface area contributed by atoms with Gasteiger partial charge in [0, 0.05) is 0 Å². The van der Waals surface area contributed by atoms with Crippen molar-refractivity contribution in [3.63, 3.8) is 0 Å². The van der Waals surface area contributed by atoms with Crippen molar-refractivity contribution in [3.05, 3.63) is 148 Å². The van der Waals surface area contributed by atoms with Gasteiger partial charge in [-0.2, -0.15) is 0 Å².